The number of hydrogen-bond acceptors (Lipinski definition) is 3. The van der Waals surface area contributed by atoms with Gasteiger partial charge in [0, 0.05) is 12.1 Å². The monoisotopic (exact) mass is 225 g/mol. The van der Waals surface area contributed by atoms with Crippen molar-refractivity contribution in [2.24, 2.45) is 0 Å². The molecule has 5 heteroatoms. The van der Waals surface area contributed by atoms with Crippen molar-refractivity contribution in [3.05, 3.63) is 20.3 Å². The summed E-state index contributed by atoms with van der Waals surface area (Å²) in [6.07, 6.45) is -0.578. The number of likely N-dealkylation sites (N-methyl/N-ethyl adjacent to an activating group) is 1. The highest BCUT2D eigenvalue weighted by Gasteiger charge is 2.13. The lowest BCUT2D eigenvalue weighted by atomic mass is 10.2. The summed E-state index contributed by atoms with van der Waals surface area (Å²) in [6, 6.07) is 1.69. The van der Waals surface area contributed by atoms with Gasteiger partial charge in [-0.3, -0.25) is 0 Å². The van der Waals surface area contributed by atoms with E-state index >= 15 is 0 Å². The van der Waals surface area contributed by atoms with Gasteiger partial charge in [0.1, 0.15) is 4.34 Å². The zero-order chi connectivity index (χ0) is 9.14. The van der Waals surface area contributed by atoms with E-state index in [1.54, 1.807) is 13.1 Å². The molecule has 0 aliphatic carbocycles. The summed E-state index contributed by atoms with van der Waals surface area (Å²) >= 11 is 12.8. The molecule has 68 valence electrons. The fourth-order valence-corrected chi connectivity index (χ4v) is 2.45. The van der Waals surface area contributed by atoms with E-state index in [0.29, 0.717) is 20.8 Å². The predicted molar refractivity (Wildman–Crippen MR) is 53.2 cm³/mol. The highest BCUT2D eigenvalue weighted by molar-refractivity contribution is 7.20. The maximum atomic E-state index is 9.52. The molecule has 1 unspecified atom stereocenters. The number of rotatable bonds is 3. The van der Waals surface area contributed by atoms with Gasteiger partial charge >= 0.3 is 0 Å². The summed E-state index contributed by atoms with van der Waals surface area (Å²) < 4.78 is 1.16. The number of thiophene rings is 1. The van der Waals surface area contributed by atoms with E-state index in [1.807, 2.05) is 0 Å². The standard InChI is InChI=1S/C7H9Cl2NOS/c1-10-3-5(11)4-2-6(8)12-7(4)9/h2,5,10-11H,3H2,1H3. The Labute approximate surface area is 85.1 Å². The van der Waals surface area contributed by atoms with Crippen molar-refractivity contribution < 1.29 is 5.11 Å². The van der Waals surface area contributed by atoms with Crippen LogP contribution in [0.3, 0.4) is 0 Å². The molecular formula is C7H9Cl2NOS. The van der Waals surface area contributed by atoms with Gasteiger partial charge in [0.2, 0.25) is 0 Å². The first-order valence-electron chi connectivity index (χ1n) is 3.42. The third kappa shape index (κ3) is 2.34. The second kappa shape index (κ2) is 4.44. The average molecular weight is 226 g/mol. The van der Waals surface area contributed by atoms with Gasteiger partial charge in [-0.25, -0.2) is 0 Å². The largest absolute Gasteiger partial charge is 0.387 e. The van der Waals surface area contributed by atoms with Crippen LogP contribution in [0.2, 0.25) is 8.67 Å². The lowest BCUT2D eigenvalue weighted by Crippen LogP contribution is -2.16. The van der Waals surface area contributed by atoms with Crippen molar-refractivity contribution in [3.63, 3.8) is 0 Å². The molecule has 2 N–H and O–H groups in total. The Kier molecular flexibility index (Phi) is 3.80. The van der Waals surface area contributed by atoms with Gasteiger partial charge < -0.3 is 10.4 Å². The summed E-state index contributed by atoms with van der Waals surface area (Å²) in [7, 11) is 1.77. The molecule has 1 rings (SSSR count). The van der Waals surface area contributed by atoms with Gasteiger partial charge in [0.15, 0.2) is 0 Å². The Hall–Kier alpha value is 0.200. The smallest absolute Gasteiger partial charge is 0.100 e. The lowest BCUT2D eigenvalue weighted by Gasteiger charge is -2.07. The highest BCUT2D eigenvalue weighted by Crippen LogP contribution is 2.34. The third-order valence-electron chi connectivity index (χ3n) is 1.44. The van der Waals surface area contributed by atoms with E-state index in [0.717, 1.165) is 0 Å². The molecule has 1 aromatic heterocycles. The summed E-state index contributed by atoms with van der Waals surface area (Å²) in [5, 5.41) is 12.4. The van der Waals surface area contributed by atoms with Crippen molar-refractivity contribution in [1.29, 1.82) is 0 Å². The molecular weight excluding hydrogens is 217 g/mol. The molecule has 0 saturated heterocycles. The minimum Gasteiger partial charge on any atom is -0.387 e. The normalized spacial score (nSPS) is 13.3. The highest BCUT2D eigenvalue weighted by atomic mass is 35.5. The molecule has 0 fully saturated rings. The van der Waals surface area contributed by atoms with Gasteiger partial charge in [0.25, 0.3) is 0 Å². The van der Waals surface area contributed by atoms with E-state index in [-0.39, 0.29) is 0 Å². The van der Waals surface area contributed by atoms with Gasteiger partial charge in [-0.2, -0.15) is 0 Å². The van der Waals surface area contributed by atoms with Crippen molar-refractivity contribution in [2.75, 3.05) is 13.6 Å². The van der Waals surface area contributed by atoms with E-state index in [4.69, 9.17) is 23.2 Å². The molecule has 1 atom stereocenters. The fraction of sp³-hybridized carbons (Fsp3) is 0.429. The summed E-state index contributed by atoms with van der Waals surface area (Å²) in [4.78, 5) is 0. The molecule has 0 saturated carbocycles. The fourth-order valence-electron chi connectivity index (χ4n) is 0.883. The number of aliphatic hydroxyl groups is 1. The number of halogens is 2. The maximum absolute atomic E-state index is 9.52. The Balaban J connectivity index is 2.79. The van der Waals surface area contributed by atoms with Crippen LogP contribution in [0.15, 0.2) is 6.07 Å². The first kappa shape index (κ1) is 10.3. The SMILES string of the molecule is CNCC(O)c1cc(Cl)sc1Cl. The lowest BCUT2D eigenvalue weighted by molar-refractivity contribution is 0.178. The zero-order valence-electron chi connectivity index (χ0n) is 6.47. The second-order valence-electron chi connectivity index (χ2n) is 2.35. The number of hydrogen-bond donors (Lipinski definition) is 2. The number of nitrogens with one attached hydrogen (secondary N) is 1. The zero-order valence-corrected chi connectivity index (χ0v) is 8.80. The minimum atomic E-state index is -0.578. The van der Waals surface area contributed by atoms with Gasteiger partial charge in [-0.1, -0.05) is 23.2 Å². The van der Waals surface area contributed by atoms with E-state index in [9.17, 15) is 5.11 Å². The molecule has 0 aliphatic heterocycles. The Morgan fingerprint density at radius 3 is 2.75 bits per heavy atom. The van der Waals surface area contributed by atoms with Crippen LogP contribution in [-0.4, -0.2) is 18.7 Å². The molecule has 12 heavy (non-hydrogen) atoms. The first-order chi connectivity index (χ1) is 5.65. The summed E-state index contributed by atoms with van der Waals surface area (Å²) in [5.74, 6) is 0. The number of aliphatic hydroxyl groups excluding tert-OH is 1. The van der Waals surface area contributed by atoms with Crippen LogP contribution in [0.5, 0.6) is 0 Å². The van der Waals surface area contributed by atoms with E-state index < -0.39 is 6.10 Å². The molecule has 0 radical (unpaired) electrons. The summed E-state index contributed by atoms with van der Waals surface area (Å²) in [6.45, 7) is 0.479. The van der Waals surface area contributed by atoms with Gasteiger partial charge in [-0.05, 0) is 13.1 Å². The van der Waals surface area contributed by atoms with Crippen LogP contribution in [0.4, 0.5) is 0 Å². The first-order valence-corrected chi connectivity index (χ1v) is 4.99. The van der Waals surface area contributed by atoms with Crippen LogP contribution < -0.4 is 5.32 Å². The molecule has 0 bridgehead atoms. The second-order valence-corrected chi connectivity index (χ2v) is 4.64. The van der Waals surface area contributed by atoms with Crippen LogP contribution >= 0.6 is 34.5 Å². The molecule has 0 aliphatic rings. The van der Waals surface area contributed by atoms with Crippen molar-refractivity contribution in [2.45, 2.75) is 6.10 Å². The Morgan fingerprint density at radius 1 is 1.67 bits per heavy atom. The van der Waals surface area contributed by atoms with Crippen LogP contribution in [0.1, 0.15) is 11.7 Å². The van der Waals surface area contributed by atoms with Crippen molar-refractivity contribution >= 4 is 34.5 Å². The van der Waals surface area contributed by atoms with Gasteiger partial charge in [0.05, 0.1) is 10.4 Å². The third-order valence-corrected chi connectivity index (χ3v) is 2.96. The van der Waals surface area contributed by atoms with Crippen LogP contribution in [-0.2, 0) is 0 Å². The van der Waals surface area contributed by atoms with E-state index in [2.05, 4.69) is 5.32 Å². The van der Waals surface area contributed by atoms with Crippen molar-refractivity contribution in [3.8, 4) is 0 Å². The van der Waals surface area contributed by atoms with Gasteiger partial charge in [-0.15, -0.1) is 11.3 Å². The molecule has 0 aromatic carbocycles. The average Bonchev–Trinajstić information content (AvgIpc) is 2.30. The quantitative estimate of drug-likeness (QED) is 0.828. The minimum absolute atomic E-state index is 0.479. The Bertz CT molecular complexity index is 264. The molecule has 0 spiro atoms. The Morgan fingerprint density at radius 2 is 2.33 bits per heavy atom. The van der Waals surface area contributed by atoms with Crippen LogP contribution in [0, 0.1) is 0 Å². The topological polar surface area (TPSA) is 32.3 Å². The molecule has 1 aromatic rings. The molecule has 1 heterocycles. The van der Waals surface area contributed by atoms with Crippen molar-refractivity contribution in [1.82, 2.24) is 5.32 Å². The molecule has 0 amide bonds. The predicted octanol–water partition coefficient (Wildman–Crippen LogP) is 2.31. The maximum Gasteiger partial charge on any atom is 0.100 e. The molecule has 2 nitrogen and oxygen atoms in total. The van der Waals surface area contributed by atoms with Crippen LogP contribution in [0.25, 0.3) is 0 Å². The summed E-state index contributed by atoms with van der Waals surface area (Å²) in [5.41, 5.74) is 0.695. The van der Waals surface area contributed by atoms with E-state index in [1.165, 1.54) is 11.3 Å².